The molecule has 31 heavy (non-hydrogen) atoms. The molecule has 0 unspecified atom stereocenters. The average Bonchev–Trinajstić information content (AvgIpc) is 3.33. The van der Waals surface area contributed by atoms with Gasteiger partial charge in [0.2, 0.25) is 5.91 Å². The third-order valence-corrected chi connectivity index (χ3v) is 5.82. The monoisotopic (exact) mass is 420 g/mol. The Kier molecular flexibility index (Phi) is 5.44. The molecule has 0 spiro atoms. The Bertz CT molecular complexity index is 1100. The van der Waals surface area contributed by atoms with Gasteiger partial charge < -0.3 is 20.4 Å². The standard InChI is InChI=1S/C23H28N6O2/c1-14(16-10-21(30)26-11-16)31-20-9-15(18(25)6-7-28-23(2,3)12-24)8-19-22(20)29(13-27-19)17-4-5-17/h6-9,13-14,16-17H,4-5,10-11,25H2,1-3H3,(H,26,30)/t14-,16-/m1/s1. The van der Waals surface area contributed by atoms with E-state index in [1.165, 1.54) is 0 Å². The molecule has 8 heteroatoms. The quantitative estimate of drug-likeness (QED) is 0.668. The summed E-state index contributed by atoms with van der Waals surface area (Å²) in [5.41, 5.74) is 8.58. The molecule has 2 heterocycles. The number of carbonyl (C=O) groups is 1. The number of carbonyl (C=O) groups excluding carboxylic acids is 1. The predicted molar refractivity (Wildman–Crippen MR) is 120 cm³/mol. The van der Waals surface area contributed by atoms with Gasteiger partial charge in [-0.3, -0.25) is 9.79 Å². The average molecular weight is 421 g/mol. The first-order valence-corrected chi connectivity index (χ1v) is 10.6. The highest BCUT2D eigenvalue weighted by Crippen LogP contribution is 2.40. The van der Waals surface area contributed by atoms with Crippen LogP contribution in [0.1, 0.15) is 51.6 Å². The van der Waals surface area contributed by atoms with Gasteiger partial charge in [0.1, 0.15) is 22.9 Å². The minimum absolute atomic E-state index is 0.0640. The zero-order chi connectivity index (χ0) is 22.2. The van der Waals surface area contributed by atoms with E-state index in [1.807, 2.05) is 25.4 Å². The van der Waals surface area contributed by atoms with Gasteiger partial charge in [-0.15, -0.1) is 0 Å². The second-order valence-electron chi connectivity index (χ2n) is 8.89. The van der Waals surface area contributed by atoms with E-state index in [4.69, 9.17) is 15.7 Å². The molecule has 2 fully saturated rings. The number of rotatable bonds is 7. The van der Waals surface area contributed by atoms with Gasteiger partial charge in [-0.05, 0) is 51.8 Å². The molecule has 1 aromatic carbocycles. The van der Waals surface area contributed by atoms with Gasteiger partial charge in [-0.2, -0.15) is 5.26 Å². The van der Waals surface area contributed by atoms with Crippen LogP contribution < -0.4 is 15.8 Å². The molecule has 0 bridgehead atoms. The third kappa shape index (κ3) is 4.55. The first-order valence-electron chi connectivity index (χ1n) is 10.6. The van der Waals surface area contributed by atoms with Gasteiger partial charge in [-0.25, -0.2) is 4.98 Å². The van der Waals surface area contributed by atoms with Crippen molar-refractivity contribution in [2.24, 2.45) is 16.6 Å². The van der Waals surface area contributed by atoms with Crippen LogP contribution in [0.3, 0.4) is 0 Å². The Labute approximate surface area is 181 Å². The lowest BCUT2D eigenvalue weighted by Gasteiger charge is -2.21. The van der Waals surface area contributed by atoms with Gasteiger partial charge in [0.05, 0.1) is 17.9 Å². The highest BCUT2D eigenvalue weighted by molar-refractivity contribution is 5.90. The van der Waals surface area contributed by atoms with Crippen molar-refractivity contribution in [1.29, 1.82) is 5.26 Å². The van der Waals surface area contributed by atoms with Crippen molar-refractivity contribution < 1.29 is 9.53 Å². The van der Waals surface area contributed by atoms with E-state index in [1.54, 1.807) is 26.1 Å². The summed E-state index contributed by atoms with van der Waals surface area (Å²) in [7, 11) is 0. The van der Waals surface area contributed by atoms with Crippen LogP contribution in [0, 0.1) is 17.2 Å². The van der Waals surface area contributed by atoms with Gasteiger partial charge in [0.15, 0.2) is 0 Å². The lowest BCUT2D eigenvalue weighted by atomic mass is 10.0. The molecule has 3 N–H and O–H groups in total. The van der Waals surface area contributed by atoms with Crippen molar-refractivity contribution >= 4 is 28.9 Å². The van der Waals surface area contributed by atoms with E-state index >= 15 is 0 Å². The lowest BCUT2D eigenvalue weighted by molar-refractivity contribution is -0.119. The maximum Gasteiger partial charge on any atom is 0.220 e. The Morgan fingerprint density at radius 3 is 2.90 bits per heavy atom. The molecule has 2 atom stereocenters. The Morgan fingerprint density at radius 2 is 2.26 bits per heavy atom. The summed E-state index contributed by atoms with van der Waals surface area (Å²) in [5, 5.41) is 12.0. The number of aliphatic imine (C=N–C) groups is 1. The van der Waals surface area contributed by atoms with E-state index in [0.717, 1.165) is 35.2 Å². The number of nitrogens with zero attached hydrogens (tertiary/aromatic N) is 4. The first kappa shape index (κ1) is 20.9. The number of amides is 1. The summed E-state index contributed by atoms with van der Waals surface area (Å²) in [4.78, 5) is 20.5. The van der Waals surface area contributed by atoms with Gasteiger partial charge in [0, 0.05) is 42.4 Å². The maximum atomic E-state index is 11.6. The number of hydrogen-bond acceptors (Lipinski definition) is 6. The topological polar surface area (TPSA) is 118 Å². The Hall–Kier alpha value is -3.34. The molecule has 1 saturated heterocycles. The number of ether oxygens (including phenoxy) is 1. The maximum absolute atomic E-state index is 11.6. The first-order chi connectivity index (χ1) is 14.8. The molecule has 162 valence electrons. The molecule has 8 nitrogen and oxygen atoms in total. The smallest absolute Gasteiger partial charge is 0.220 e. The number of nitrogens with two attached hydrogens (primary N) is 1. The Morgan fingerprint density at radius 1 is 1.48 bits per heavy atom. The summed E-state index contributed by atoms with van der Waals surface area (Å²) in [6.45, 7) is 6.09. The number of nitrogens with one attached hydrogen (secondary N) is 1. The minimum atomic E-state index is -0.805. The molecule has 4 rings (SSSR count). The number of imidazole rings is 1. The summed E-state index contributed by atoms with van der Waals surface area (Å²) in [6, 6.07) is 6.46. The summed E-state index contributed by atoms with van der Waals surface area (Å²) >= 11 is 0. The van der Waals surface area contributed by atoms with Gasteiger partial charge in [0.25, 0.3) is 0 Å². The van der Waals surface area contributed by atoms with Crippen LogP contribution in [0.5, 0.6) is 5.75 Å². The third-order valence-electron chi connectivity index (χ3n) is 5.82. The van der Waals surface area contributed by atoms with Crippen LogP contribution in [0.2, 0.25) is 0 Å². The highest BCUT2D eigenvalue weighted by Gasteiger charge is 2.30. The number of aromatic nitrogens is 2. The van der Waals surface area contributed by atoms with Crippen LogP contribution in [0.25, 0.3) is 16.7 Å². The largest absolute Gasteiger partial charge is 0.488 e. The fraction of sp³-hybridized carbons (Fsp3) is 0.478. The second kappa shape index (κ2) is 8.06. The lowest BCUT2D eigenvalue weighted by Crippen LogP contribution is -2.26. The van der Waals surface area contributed by atoms with Crippen molar-refractivity contribution in [3.05, 3.63) is 30.1 Å². The van der Waals surface area contributed by atoms with E-state index in [0.29, 0.717) is 24.7 Å². The van der Waals surface area contributed by atoms with Crippen molar-refractivity contribution in [2.45, 2.75) is 57.7 Å². The van der Waals surface area contributed by atoms with E-state index in [2.05, 4.69) is 25.9 Å². The number of fused-ring (bicyclic) bond motifs is 1. The van der Waals surface area contributed by atoms with Gasteiger partial charge in [-0.1, -0.05) is 0 Å². The number of allylic oxidation sites excluding steroid dienone is 1. The number of nitriles is 1. The molecule has 1 aromatic heterocycles. The van der Waals surface area contributed by atoms with Crippen molar-refractivity contribution in [1.82, 2.24) is 14.9 Å². The molecule has 2 aliphatic rings. The highest BCUT2D eigenvalue weighted by atomic mass is 16.5. The summed E-state index contributed by atoms with van der Waals surface area (Å²) in [6.07, 6.45) is 7.71. The Balaban J connectivity index is 1.68. The molecule has 2 aromatic rings. The SMILES string of the molecule is C[C@@H](Oc1cc(C(N)=CC=NC(C)(C)C#N)cc2ncn(C3CC3)c12)[C@H]1CNC(=O)C1. The fourth-order valence-electron chi connectivity index (χ4n) is 3.70. The van der Waals surface area contributed by atoms with Crippen LogP contribution in [0.4, 0.5) is 0 Å². The molecule has 1 saturated carbocycles. The number of benzene rings is 1. The second-order valence-corrected chi connectivity index (χ2v) is 8.89. The van der Waals surface area contributed by atoms with E-state index < -0.39 is 5.54 Å². The van der Waals surface area contributed by atoms with Crippen molar-refractivity contribution in [2.75, 3.05) is 6.54 Å². The van der Waals surface area contributed by atoms with Crippen LogP contribution in [-0.4, -0.2) is 39.9 Å². The van der Waals surface area contributed by atoms with Crippen LogP contribution >= 0.6 is 0 Å². The van der Waals surface area contributed by atoms with E-state index in [9.17, 15) is 4.79 Å². The number of hydrogen-bond donors (Lipinski definition) is 2. The van der Waals surface area contributed by atoms with E-state index in [-0.39, 0.29) is 17.9 Å². The van der Waals surface area contributed by atoms with Crippen molar-refractivity contribution in [3.63, 3.8) is 0 Å². The molecule has 1 amide bonds. The normalized spacial score (nSPS) is 20.8. The fourth-order valence-corrected chi connectivity index (χ4v) is 3.70. The molecular formula is C23H28N6O2. The zero-order valence-electron chi connectivity index (χ0n) is 18.1. The molecule has 1 aliphatic carbocycles. The zero-order valence-corrected chi connectivity index (χ0v) is 18.1. The van der Waals surface area contributed by atoms with Crippen LogP contribution in [0.15, 0.2) is 29.5 Å². The minimum Gasteiger partial charge on any atom is -0.488 e. The van der Waals surface area contributed by atoms with Gasteiger partial charge >= 0.3 is 0 Å². The summed E-state index contributed by atoms with van der Waals surface area (Å²) < 4.78 is 8.57. The molecular weight excluding hydrogens is 392 g/mol. The predicted octanol–water partition coefficient (Wildman–Crippen LogP) is 2.95. The van der Waals surface area contributed by atoms with Crippen molar-refractivity contribution in [3.8, 4) is 11.8 Å². The molecule has 0 radical (unpaired) electrons. The summed E-state index contributed by atoms with van der Waals surface area (Å²) in [5.74, 6) is 0.903. The van der Waals surface area contributed by atoms with Crippen LogP contribution in [-0.2, 0) is 4.79 Å². The molecule has 1 aliphatic heterocycles.